The average molecular weight is 437 g/mol. The van der Waals surface area contributed by atoms with E-state index in [1.54, 1.807) is 24.3 Å². The Hall–Kier alpha value is -3.66. The molecule has 0 aliphatic carbocycles. The van der Waals surface area contributed by atoms with Crippen LogP contribution in [-0.4, -0.2) is 50.6 Å². The number of amides is 3. The molecule has 0 unspecified atom stereocenters. The van der Waals surface area contributed by atoms with Gasteiger partial charge in [0.2, 0.25) is 0 Å². The number of rotatable bonds is 5. The number of hydrazine groups is 1. The van der Waals surface area contributed by atoms with Gasteiger partial charge in [0, 0.05) is 17.7 Å². The zero-order valence-electron chi connectivity index (χ0n) is 16.4. The lowest BCUT2D eigenvalue weighted by atomic mass is 10.1. The Morgan fingerprint density at radius 3 is 2.39 bits per heavy atom. The normalized spacial score (nSPS) is 13.4. The third-order valence-electron chi connectivity index (χ3n) is 4.75. The summed E-state index contributed by atoms with van der Waals surface area (Å²) in [7, 11) is 0. The minimum atomic E-state index is -0.659. The maximum absolute atomic E-state index is 12.9. The van der Waals surface area contributed by atoms with Crippen LogP contribution < -0.4 is 16.4 Å². The standard InChI is InChI=1S/C21H19N5O4S/c27-17(13-25-10-11-31-21(25)30)22-23-19(28)18-15-8-4-5-9-16(15)20(29)26(24-18)12-14-6-2-1-3-7-14/h1-9H,10-13H2,(H,22,27)(H,23,28). The zero-order chi connectivity index (χ0) is 21.8. The van der Waals surface area contributed by atoms with Gasteiger partial charge >= 0.3 is 0 Å². The highest BCUT2D eigenvalue weighted by Crippen LogP contribution is 2.16. The molecule has 9 nitrogen and oxygen atoms in total. The average Bonchev–Trinajstić information content (AvgIpc) is 3.19. The fraction of sp³-hybridized carbons (Fsp3) is 0.190. The summed E-state index contributed by atoms with van der Waals surface area (Å²) in [4.78, 5) is 50.8. The first kappa shape index (κ1) is 20.6. The molecule has 10 heteroatoms. The van der Waals surface area contributed by atoms with Gasteiger partial charge in [-0.25, -0.2) is 4.68 Å². The summed E-state index contributed by atoms with van der Waals surface area (Å²) < 4.78 is 1.23. The summed E-state index contributed by atoms with van der Waals surface area (Å²) in [6.45, 7) is 0.543. The van der Waals surface area contributed by atoms with Crippen molar-refractivity contribution in [3.63, 3.8) is 0 Å². The van der Waals surface area contributed by atoms with Gasteiger partial charge in [-0.2, -0.15) is 5.10 Å². The van der Waals surface area contributed by atoms with Crippen LogP contribution in [0.3, 0.4) is 0 Å². The molecule has 2 N–H and O–H groups in total. The number of benzene rings is 2. The highest BCUT2D eigenvalue weighted by Gasteiger charge is 2.24. The molecular weight excluding hydrogens is 418 g/mol. The van der Waals surface area contributed by atoms with Gasteiger partial charge in [0.1, 0.15) is 6.54 Å². The van der Waals surface area contributed by atoms with Gasteiger partial charge in [0.15, 0.2) is 5.69 Å². The Morgan fingerprint density at radius 1 is 0.968 bits per heavy atom. The van der Waals surface area contributed by atoms with Gasteiger partial charge in [-0.05, 0) is 11.6 Å². The second-order valence-corrected chi connectivity index (χ2v) is 7.93. The van der Waals surface area contributed by atoms with Crippen LogP contribution in [0.2, 0.25) is 0 Å². The maximum Gasteiger partial charge on any atom is 0.290 e. The van der Waals surface area contributed by atoms with Crippen LogP contribution in [0, 0.1) is 0 Å². The number of hydrogen-bond donors (Lipinski definition) is 2. The molecule has 1 aliphatic heterocycles. The molecule has 1 aliphatic rings. The van der Waals surface area contributed by atoms with Gasteiger partial charge < -0.3 is 4.90 Å². The topological polar surface area (TPSA) is 113 Å². The molecule has 4 rings (SSSR count). The summed E-state index contributed by atoms with van der Waals surface area (Å²) in [6.07, 6.45) is 0. The van der Waals surface area contributed by atoms with E-state index in [2.05, 4.69) is 16.0 Å². The molecule has 0 spiro atoms. The van der Waals surface area contributed by atoms with Crippen LogP contribution in [0.4, 0.5) is 4.79 Å². The van der Waals surface area contributed by atoms with Crippen molar-refractivity contribution in [1.29, 1.82) is 0 Å². The summed E-state index contributed by atoms with van der Waals surface area (Å²) in [5.41, 5.74) is 5.20. The molecular formula is C21H19N5O4S. The lowest BCUT2D eigenvalue weighted by molar-refractivity contribution is -0.122. The Balaban J connectivity index is 1.56. The second-order valence-electron chi connectivity index (χ2n) is 6.88. The van der Waals surface area contributed by atoms with Crippen molar-refractivity contribution >= 4 is 39.6 Å². The van der Waals surface area contributed by atoms with Crippen LogP contribution >= 0.6 is 11.8 Å². The Morgan fingerprint density at radius 2 is 1.68 bits per heavy atom. The van der Waals surface area contributed by atoms with Crippen molar-refractivity contribution in [1.82, 2.24) is 25.5 Å². The van der Waals surface area contributed by atoms with Crippen LogP contribution in [0.25, 0.3) is 10.8 Å². The van der Waals surface area contributed by atoms with E-state index in [1.807, 2.05) is 30.3 Å². The zero-order valence-corrected chi connectivity index (χ0v) is 17.2. The largest absolute Gasteiger partial charge is 0.323 e. The summed E-state index contributed by atoms with van der Waals surface area (Å²) in [6, 6.07) is 16.0. The van der Waals surface area contributed by atoms with Crippen molar-refractivity contribution in [2.75, 3.05) is 18.8 Å². The van der Waals surface area contributed by atoms with Crippen molar-refractivity contribution in [3.05, 3.63) is 76.2 Å². The van der Waals surface area contributed by atoms with E-state index in [0.29, 0.717) is 23.1 Å². The van der Waals surface area contributed by atoms with E-state index >= 15 is 0 Å². The van der Waals surface area contributed by atoms with Crippen LogP contribution in [0.5, 0.6) is 0 Å². The molecule has 31 heavy (non-hydrogen) atoms. The number of thioether (sulfide) groups is 1. The molecule has 2 heterocycles. The Kier molecular flexibility index (Phi) is 5.99. The van der Waals surface area contributed by atoms with Crippen LogP contribution in [0.15, 0.2) is 59.4 Å². The van der Waals surface area contributed by atoms with Gasteiger partial charge in [0.25, 0.3) is 22.6 Å². The fourth-order valence-electron chi connectivity index (χ4n) is 3.23. The van der Waals surface area contributed by atoms with Crippen molar-refractivity contribution in [2.45, 2.75) is 6.54 Å². The smallest absolute Gasteiger partial charge is 0.290 e. The first-order valence-electron chi connectivity index (χ1n) is 9.57. The van der Waals surface area contributed by atoms with E-state index in [1.165, 1.54) is 9.58 Å². The van der Waals surface area contributed by atoms with Crippen molar-refractivity contribution < 1.29 is 14.4 Å². The van der Waals surface area contributed by atoms with Crippen molar-refractivity contribution in [2.24, 2.45) is 0 Å². The summed E-state index contributed by atoms with van der Waals surface area (Å²) in [5.74, 6) is -0.545. The first-order chi connectivity index (χ1) is 15.0. The SMILES string of the molecule is O=C(CN1CCSC1=O)NNC(=O)c1nn(Cc2ccccc2)c(=O)c2ccccc12. The summed E-state index contributed by atoms with van der Waals surface area (Å²) in [5, 5.41) is 4.83. The molecule has 158 valence electrons. The first-order valence-corrected chi connectivity index (χ1v) is 10.6. The van der Waals surface area contributed by atoms with E-state index in [4.69, 9.17) is 0 Å². The lowest BCUT2D eigenvalue weighted by Crippen LogP contribution is -2.47. The summed E-state index contributed by atoms with van der Waals surface area (Å²) >= 11 is 1.15. The predicted molar refractivity (Wildman–Crippen MR) is 117 cm³/mol. The molecule has 2 aromatic carbocycles. The minimum Gasteiger partial charge on any atom is -0.323 e. The third-order valence-corrected chi connectivity index (χ3v) is 5.64. The number of aromatic nitrogens is 2. The van der Waals surface area contributed by atoms with Gasteiger partial charge in [-0.15, -0.1) is 0 Å². The third kappa shape index (κ3) is 4.58. The molecule has 0 saturated carbocycles. The molecule has 1 saturated heterocycles. The predicted octanol–water partition coefficient (Wildman–Crippen LogP) is 1.37. The van der Waals surface area contributed by atoms with Crippen LogP contribution in [-0.2, 0) is 11.3 Å². The van der Waals surface area contributed by atoms with E-state index in [0.717, 1.165) is 17.3 Å². The highest BCUT2D eigenvalue weighted by molar-refractivity contribution is 8.13. The molecule has 1 aromatic heterocycles. The molecule has 0 bridgehead atoms. The fourth-order valence-corrected chi connectivity index (χ4v) is 4.06. The van der Waals surface area contributed by atoms with E-state index < -0.39 is 11.8 Å². The Labute approximate surface area is 181 Å². The molecule has 3 aromatic rings. The highest BCUT2D eigenvalue weighted by atomic mass is 32.2. The van der Waals surface area contributed by atoms with Gasteiger partial charge in [-0.1, -0.05) is 60.3 Å². The monoisotopic (exact) mass is 437 g/mol. The second kappa shape index (κ2) is 9.00. The van der Waals surface area contributed by atoms with Gasteiger partial charge in [0.05, 0.1) is 11.9 Å². The quantitative estimate of drug-likeness (QED) is 0.583. The minimum absolute atomic E-state index is 0.0132. The molecule has 3 amide bonds. The van der Waals surface area contributed by atoms with Gasteiger partial charge in [-0.3, -0.25) is 30.0 Å². The van der Waals surface area contributed by atoms with Crippen molar-refractivity contribution in [3.8, 4) is 0 Å². The number of nitrogens with one attached hydrogen (secondary N) is 2. The van der Waals surface area contributed by atoms with Crippen LogP contribution in [0.1, 0.15) is 16.1 Å². The molecule has 0 atom stereocenters. The number of fused-ring (bicyclic) bond motifs is 1. The molecule has 1 fully saturated rings. The molecule has 0 radical (unpaired) electrons. The maximum atomic E-state index is 12.9. The number of hydrogen-bond acceptors (Lipinski definition) is 6. The van der Waals surface area contributed by atoms with E-state index in [9.17, 15) is 19.2 Å². The Bertz CT molecular complexity index is 1210. The number of carbonyl (C=O) groups is 3. The lowest BCUT2D eigenvalue weighted by Gasteiger charge is -2.15. The number of nitrogens with zero attached hydrogens (tertiary/aromatic N) is 3. The number of carbonyl (C=O) groups excluding carboxylic acids is 3. The van der Waals surface area contributed by atoms with E-state index in [-0.39, 0.29) is 29.6 Å².